The SMILES string of the molecule is COC(=O)[C@@H]1CCCN1C(=O)OC(C)(C)C.N[C@@H](Cc1ccccc1)C(=O)O.N[C@@H](Cc1ccccc1)C(=O)O. The minimum atomic E-state index is -0.959. The summed E-state index contributed by atoms with van der Waals surface area (Å²) in [4.78, 5) is 45.4. The van der Waals surface area contributed by atoms with Crippen molar-refractivity contribution in [3.8, 4) is 0 Å². The van der Waals surface area contributed by atoms with Gasteiger partial charge in [0.25, 0.3) is 0 Å². The number of esters is 1. The lowest BCUT2D eigenvalue weighted by Crippen LogP contribution is -2.43. The fourth-order valence-electron chi connectivity index (χ4n) is 3.60. The van der Waals surface area contributed by atoms with Gasteiger partial charge in [-0.3, -0.25) is 14.5 Å². The minimum Gasteiger partial charge on any atom is -0.480 e. The number of hydrogen-bond acceptors (Lipinski definition) is 8. The Morgan fingerprint density at radius 1 is 0.875 bits per heavy atom. The van der Waals surface area contributed by atoms with E-state index in [-0.39, 0.29) is 5.97 Å². The van der Waals surface area contributed by atoms with Crippen molar-refractivity contribution in [2.75, 3.05) is 13.7 Å². The zero-order valence-electron chi connectivity index (χ0n) is 23.5. The molecule has 1 aliphatic heterocycles. The topological polar surface area (TPSA) is 182 Å². The first kappa shape index (κ1) is 34.1. The van der Waals surface area contributed by atoms with E-state index in [1.165, 1.54) is 12.0 Å². The number of benzene rings is 2. The summed E-state index contributed by atoms with van der Waals surface area (Å²) >= 11 is 0. The van der Waals surface area contributed by atoms with Crippen LogP contribution in [0.3, 0.4) is 0 Å². The van der Waals surface area contributed by atoms with Gasteiger partial charge in [-0.1, -0.05) is 60.7 Å². The van der Waals surface area contributed by atoms with Gasteiger partial charge < -0.3 is 31.2 Å². The largest absolute Gasteiger partial charge is 0.480 e. The number of amides is 1. The average molecular weight is 560 g/mol. The predicted molar refractivity (Wildman–Crippen MR) is 149 cm³/mol. The van der Waals surface area contributed by atoms with Gasteiger partial charge >= 0.3 is 24.0 Å². The van der Waals surface area contributed by atoms with Crippen molar-refractivity contribution < 1.29 is 38.9 Å². The Bertz CT molecular complexity index is 1020. The van der Waals surface area contributed by atoms with E-state index in [0.29, 0.717) is 25.8 Å². The van der Waals surface area contributed by atoms with Gasteiger partial charge in [-0.25, -0.2) is 9.59 Å². The van der Waals surface area contributed by atoms with Gasteiger partial charge in [0, 0.05) is 6.54 Å². The third-order valence-corrected chi connectivity index (χ3v) is 5.59. The standard InChI is InChI=1S/C11H19NO4.2C9H11NO2/c1-11(2,3)16-10(14)12-7-5-6-8(12)9(13)15-4;2*10-8(9(11)12)6-7-4-2-1-3-5-7/h8H,5-7H2,1-4H3;2*1-5,8H,6,10H2,(H,11,12)/t3*8-/m000/s1. The first-order valence-electron chi connectivity index (χ1n) is 12.9. The van der Waals surface area contributed by atoms with Gasteiger partial charge in [0.1, 0.15) is 23.7 Å². The molecule has 2 aromatic carbocycles. The lowest BCUT2D eigenvalue weighted by molar-refractivity contribution is -0.145. The lowest BCUT2D eigenvalue weighted by atomic mass is 10.1. The molecule has 1 amide bonds. The van der Waals surface area contributed by atoms with Crippen LogP contribution in [-0.4, -0.2) is 76.5 Å². The van der Waals surface area contributed by atoms with Crippen LogP contribution in [0.2, 0.25) is 0 Å². The van der Waals surface area contributed by atoms with E-state index in [2.05, 4.69) is 4.74 Å². The second-order valence-corrected chi connectivity index (χ2v) is 10.1. The van der Waals surface area contributed by atoms with E-state index in [9.17, 15) is 19.2 Å². The summed E-state index contributed by atoms with van der Waals surface area (Å²) in [5.41, 5.74) is 12.1. The Kier molecular flexibility index (Phi) is 14.4. The van der Waals surface area contributed by atoms with E-state index in [0.717, 1.165) is 17.5 Å². The maximum atomic E-state index is 11.8. The molecule has 0 aliphatic carbocycles. The highest BCUT2D eigenvalue weighted by molar-refractivity contribution is 5.82. The van der Waals surface area contributed by atoms with Gasteiger partial charge in [0.15, 0.2) is 0 Å². The van der Waals surface area contributed by atoms with Crippen molar-refractivity contribution in [2.24, 2.45) is 11.5 Å². The minimum absolute atomic E-state index is 0.372. The van der Waals surface area contributed by atoms with Gasteiger partial charge in [-0.2, -0.15) is 0 Å². The number of aliphatic carboxylic acids is 2. The second kappa shape index (κ2) is 16.9. The van der Waals surface area contributed by atoms with Gasteiger partial charge in [0.05, 0.1) is 7.11 Å². The molecule has 1 saturated heterocycles. The third kappa shape index (κ3) is 13.2. The molecule has 6 N–H and O–H groups in total. The van der Waals surface area contributed by atoms with E-state index >= 15 is 0 Å². The Morgan fingerprint density at radius 3 is 1.65 bits per heavy atom. The molecule has 1 fully saturated rings. The lowest BCUT2D eigenvalue weighted by Gasteiger charge is -2.27. The number of carboxylic acids is 2. The molecule has 0 unspecified atom stereocenters. The maximum Gasteiger partial charge on any atom is 0.411 e. The fraction of sp³-hybridized carbons (Fsp3) is 0.448. The molecular formula is C29H41N3O8. The van der Waals surface area contributed by atoms with Crippen LogP contribution in [0.5, 0.6) is 0 Å². The molecule has 220 valence electrons. The van der Waals surface area contributed by atoms with Gasteiger partial charge in [-0.05, 0) is 57.6 Å². The van der Waals surface area contributed by atoms with Crippen molar-refractivity contribution in [1.82, 2.24) is 4.90 Å². The average Bonchev–Trinajstić information content (AvgIpc) is 3.39. The molecule has 1 heterocycles. The zero-order chi connectivity index (χ0) is 30.3. The summed E-state index contributed by atoms with van der Waals surface area (Å²) in [5.74, 6) is -2.29. The molecule has 2 aromatic rings. The van der Waals surface area contributed by atoms with E-state index in [1.807, 2.05) is 60.7 Å². The molecule has 0 aromatic heterocycles. The molecule has 11 heteroatoms. The summed E-state index contributed by atoms with van der Waals surface area (Å²) < 4.78 is 9.88. The van der Waals surface area contributed by atoms with Crippen LogP contribution in [0.1, 0.15) is 44.7 Å². The second-order valence-electron chi connectivity index (χ2n) is 10.1. The molecule has 40 heavy (non-hydrogen) atoms. The molecule has 1 aliphatic rings. The Hall–Kier alpha value is -3.96. The van der Waals surface area contributed by atoms with Crippen molar-refractivity contribution in [3.63, 3.8) is 0 Å². The first-order chi connectivity index (χ1) is 18.7. The first-order valence-corrected chi connectivity index (χ1v) is 12.9. The van der Waals surface area contributed by atoms with Crippen LogP contribution >= 0.6 is 0 Å². The highest BCUT2D eigenvalue weighted by Crippen LogP contribution is 2.21. The number of likely N-dealkylation sites (tertiary alicyclic amines) is 1. The monoisotopic (exact) mass is 559 g/mol. The number of ether oxygens (including phenoxy) is 2. The molecular weight excluding hydrogens is 518 g/mol. The molecule has 0 spiro atoms. The number of nitrogens with zero attached hydrogens (tertiary/aromatic N) is 1. The smallest absolute Gasteiger partial charge is 0.411 e. The normalized spacial score (nSPS) is 15.8. The zero-order valence-corrected chi connectivity index (χ0v) is 23.5. The Morgan fingerprint density at radius 2 is 1.30 bits per heavy atom. The van der Waals surface area contributed by atoms with E-state index in [1.54, 1.807) is 20.8 Å². The maximum absolute atomic E-state index is 11.8. The molecule has 3 atom stereocenters. The Balaban J connectivity index is 0.000000305. The molecule has 0 bridgehead atoms. The molecule has 0 radical (unpaired) electrons. The number of carbonyl (C=O) groups is 4. The molecule has 0 saturated carbocycles. The molecule has 11 nitrogen and oxygen atoms in total. The number of carbonyl (C=O) groups excluding carboxylic acids is 2. The van der Waals surface area contributed by atoms with Crippen LogP contribution < -0.4 is 11.5 Å². The van der Waals surface area contributed by atoms with E-state index in [4.69, 9.17) is 26.4 Å². The summed E-state index contributed by atoms with van der Waals surface area (Å²) in [6, 6.07) is 16.6. The summed E-state index contributed by atoms with van der Waals surface area (Å²) in [6.45, 7) is 5.95. The van der Waals surface area contributed by atoms with Crippen molar-refractivity contribution in [3.05, 3.63) is 71.8 Å². The number of rotatable bonds is 7. The van der Waals surface area contributed by atoms with Crippen LogP contribution in [0.4, 0.5) is 4.79 Å². The van der Waals surface area contributed by atoms with Gasteiger partial charge in [0.2, 0.25) is 0 Å². The van der Waals surface area contributed by atoms with E-state index < -0.39 is 41.8 Å². The third-order valence-electron chi connectivity index (χ3n) is 5.59. The van der Waals surface area contributed by atoms with Crippen molar-refractivity contribution >= 4 is 24.0 Å². The van der Waals surface area contributed by atoms with Crippen LogP contribution in [0, 0.1) is 0 Å². The van der Waals surface area contributed by atoms with Crippen LogP contribution in [-0.2, 0) is 36.7 Å². The number of nitrogens with two attached hydrogens (primary N) is 2. The van der Waals surface area contributed by atoms with Crippen LogP contribution in [0.15, 0.2) is 60.7 Å². The van der Waals surface area contributed by atoms with Crippen molar-refractivity contribution in [2.45, 2.75) is 70.2 Å². The number of methoxy groups -OCH3 is 1. The quantitative estimate of drug-likeness (QED) is 0.368. The highest BCUT2D eigenvalue weighted by Gasteiger charge is 2.37. The van der Waals surface area contributed by atoms with Gasteiger partial charge in [-0.15, -0.1) is 0 Å². The number of carboxylic acid groups (broad SMARTS) is 2. The summed E-state index contributed by atoms with van der Waals surface area (Å²) in [5, 5.41) is 17.0. The Labute approximate surface area is 235 Å². The highest BCUT2D eigenvalue weighted by atomic mass is 16.6. The summed E-state index contributed by atoms with van der Waals surface area (Å²) in [6.07, 6.45) is 1.78. The fourth-order valence-corrected chi connectivity index (χ4v) is 3.60. The van der Waals surface area contributed by atoms with Crippen LogP contribution in [0.25, 0.3) is 0 Å². The predicted octanol–water partition coefficient (Wildman–Crippen LogP) is 2.84. The summed E-state index contributed by atoms with van der Waals surface area (Å²) in [7, 11) is 1.33. The molecule has 3 rings (SSSR count). The van der Waals surface area contributed by atoms with Crippen molar-refractivity contribution in [1.29, 1.82) is 0 Å². The number of hydrogen-bond donors (Lipinski definition) is 4.